The number of anilines is 1. The number of carboxylic acid groups (broad SMARTS) is 1. The quantitative estimate of drug-likeness (QED) is 0.846. The standard InChI is InChI=1S/C13H16N4O3/c18-11(19)13-4-1-2-9(13)6-17(7-13)12(20)16-10-3-5-14-8-15-10/h3,5,8-9H,1-2,4,6-7H2,(H,18,19)(H,14,15,16,20)/t9-,13+/m0/s1. The summed E-state index contributed by atoms with van der Waals surface area (Å²) >= 11 is 0. The van der Waals surface area contributed by atoms with Crippen molar-refractivity contribution >= 4 is 17.8 Å². The van der Waals surface area contributed by atoms with Crippen LogP contribution < -0.4 is 5.32 Å². The van der Waals surface area contributed by atoms with Crippen LogP contribution in [0.25, 0.3) is 0 Å². The van der Waals surface area contributed by atoms with Crippen molar-refractivity contribution in [1.82, 2.24) is 14.9 Å². The van der Waals surface area contributed by atoms with Crippen LogP contribution in [-0.4, -0.2) is 45.1 Å². The van der Waals surface area contributed by atoms with Gasteiger partial charge in [-0.25, -0.2) is 14.8 Å². The topological polar surface area (TPSA) is 95.4 Å². The average molecular weight is 276 g/mol. The Hall–Kier alpha value is -2.18. The zero-order valence-corrected chi connectivity index (χ0v) is 11.0. The van der Waals surface area contributed by atoms with Gasteiger partial charge in [-0.2, -0.15) is 0 Å². The molecule has 1 aromatic heterocycles. The van der Waals surface area contributed by atoms with Gasteiger partial charge in [0.15, 0.2) is 0 Å². The second-order valence-electron chi connectivity index (χ2n) is 5.46. The molecule has 1 saturated heterocycles. The van der Waals surface area contributed by atoms with Gasteiger partial charge in [-0.05, 0) is 24.8 Å². The molecule has 1 aliphatic heterocycles. The van der Waals surface area contributed by atoms with Gasteiger partial charge in [-0.1, -0.05) is 6.42 Å². The number of amides is 2. The Morgan fingerprint density at radius 3 is 3.00 bits per heavy atom. The summed E-state index contributed by atoms with van der Waals surface area (Å²) in [5, 5.41) is 12.2. The fourth-order valence-corrected chi connectivity index (χ4v) is 3.35. The van der Waals surface area contributed by atoms with Gasteiger partial charge >= 0.3 is 12.0 Å². The minimum Gasteiger partial charge on any atom is -0.481 e. The summed E-state index contributed by atoms with van der Waals surface area (Å²) in [6, 6.07) is 1.31. The van der Waals surface area contributed by atoms with E-state index < -0.39 is 11.4 Å². The van der Waals surface area contributed by atoms with Crippen LogP contribution in [0.2, 0.25) is 0 Å². The number of likely N-dealkylation sites (tertiary alicyclic amines) is 1. The van der Waals surface area contributed by atoms with Gasteiger partial charge in [-0.3, -0.25) is 10.1 Å². The van der Waals surface area contributed by atoms with Gasteiger partial charge in [-0.15, -0.1) is 0 Å². The van der Waals surface area contributed by atoms with Gasteiger partial charge in [0.05, 0.1) is 5.41 Å². The summed E-state index contributed by atoms with van der Waals surface area (Å²) in [6.45, 7) is 0.785. The number of carbonyl (C=O) groups excluding carboxylic acids is 1. The van der Waals surface area contributed by atoms with Gasteiger partial charge in [0.1, 0.15) is 12.1 Å². The molecule has 0 aromatic carbocycles. The number of carbonyl (C=O) groups is 2. The number of nitrogens with one attached hydrogen (secondary N) is 1. The van der Waals surface area contributed by atoms with E-state index in [0.29, 0.717) is 18.8 Å². The van der Waals surface area contributed by atoms with Crippen molar-refractivity contribution in [2.45, 2.75) is 19.3 Å². The molecule has 106 valence electrons. The molecule has 7 nitrogen and oxygen atoms in total. The Kier molecular flexibility index (Phi) is 3.04. The molecule has 20 heavy (non-hydrogen) atoms. The lowest BCUT2D eigenvalue weighted by Crippen LogP contribution is -2.38. The molecule has 0 spiro atoms. The molecule has 0 bridgehead atoms. The Morgan fingerprint density at radius 1 is 1.50 bits per heavy atom. The number of urea groups is 1. The Morgan fingerprint density at radius 2 is 2.35 bits per heavy atom. The second kappa shape index (κ2) is 4.73. The zero-order valence-electron chi connectivity index (χ0n) is 11.0. The van der Waals surface area contributed by atoms with Gasteiger partial charge in [0.2, 0.25) is 0 Å². The largest absolute Gasteiger partial charge is 0.481 e. The second-order valence-corrected chi connectivity index (χ2v) is 5.46. The first-order chi connectivity index (χ1) is 9.62. The summed E-state index contributed by atoms with van der Waals surface area (Å²) in [6.07, 6.45) is 5.36. The van der Waals surface area contributed by atoms with E-state index in [-0.39, 0.29) is 18.5 Å². The SMILES string of the molecule is O=C(Nc1ccncn1)N1C[C@@H]2CCC[C@@]2(C(=O)O)C1. The molecule has 0 radical (unpaired) electrons. The molecule has 3 rings (SSSR count). The van der Waals surface area contributed by atoms with Crippen molar-refractivity contribution in [3.8, 4) is 0 Å². The fraction of sp³-hybridized carbons (Fsp3) is 0.538. The van der Waals surface area contributed by atoms with E-state index in [0.717, 1.165) is 12.8 Å². The van der Waals surface area contributed by atoms with Crippen LogP contribution in [0.5, 0.6) is 0 Å². The Bertz CT molecular complexity index is 536. The highest BCUT2D eigenvalue weighted by molar-refractivity contribution is 5.89. The molecule has 2 heterocycles. The minimum absolute atomic E-state index is 0.0659. The number of carboxylic acids is 1. The normalized spacial score (nSPS) is 28.2. The Balaban J connectivity index is 1.71. The monoisotopic (exact) mass is 276 g/mol. The predicted molar refractivity (Wildman–Crippen MR) is 70.0 cm³/mol. The van der Waals surface area contributed by atoms with Crippen LogP contribution in [0.1, 0.15) is 19.3 Å². The van der Waals surface area contributed by atoms with E-state index in [9.17, 15) is 14.7 Å². The van der Waals surface area contributed by atoms with Crippen LogP contribution in [-0.2, 0) is 4.79 Å². The summed E-state index contributed by atoms with van der Waals surface area (Å²) in [5.74, 6) is -0.292. The minimum atomic E-state index is -0.780. The van der Waals surface area contributed by atoms with Crippen molar-refractivity contribution in [3.63, 3.8) is 0 Å². The smallest absolute Gasteiger partial charge is 0.323 e. The highest BCUT2D eigenvalue weighted by Crippen LogP contribution is 2.48. The number of hydrogen-bond donors (Lipinski definition) is 2. The fourth-order valence-electron chi connectivity index (χ4n) is 3.35. The maximum atomic E-state index is 12.2. The van der Waals surface area contributed by atoms with E-state index in [1.54, 1.807) is 17.2 Å². The highest BCUT2D eigenvalue weighted by Gasteiger charge is 2.55. The Labute approximate surface area is 116 Å². The van der Waals surface area contributed by atoms with Crippen molar-refractivity contribution in [2.75, 3.05) is 18.4 Å². The third kappa shape index (κ3) is 1.99. The molecular formula is C13H16N4O3. The predicted octanol–water partition coefficient (Wildman–Crippen LogP) is 1.20. The summed E-state index contributed by atoms with van der Waals surface area (Å²) < 4.78 is 0. The van der Waals surface area contributed by atoms with E-state index in [4.69, 9.17) is 0 Å². The number of nitrogens with zero attached hydrogens (tertiary/aromatic N) is 3. The highest BCUT2D eigenvalue weighted by atomic mass is 16.4. The lowest BCUT2D eigenvalue weighted by molar-refractivity contribution is -0.149. The average Bonchev–Trinajstić information content (AvgIpc) is 2.97. The van der Waals surface area contributed by atoms with Crippen molar-refractivity contribution < 1.29 is 14.7 Å². The van der Waals surface area contributed by atoms with Crippen LogP contribution in [0.15, 0.2) is 18.6 Å². The van der Waals surface area contributed by atoms with Crippen LogP contribution >= 0.6 is 0 Å². The first kappa shape index (κ1) is 12.8. The first-order valence-electron chi connectivity index (χ1n) is 6.67. The van der Waals surface area contributed by atoms with Crippen LogP contribution in [0, 0.1) is 11.3 Å². The first-order valence-corrected chi connectivity index (χ1v) is 6.67. The van der Waals surface area contributed by atoms with E-state index in [1.807, 2.05) is 0 Å². The van der Waals surface area contributed by atoms with Crippen LogP contribution in [0.3, 0.4) is 0 Å². The molecular weight excluding hydrogens is 260 g/mol. The third-order valence-corrected chi connectivity index (χ3v) is 4.40. The molecule has 2 amide bonds. The summed E-state index contributed by atoms with van der Waals surface area (Å²) in [4.78, 5) is 33.0. The lowest BCUT2D eigenvalue weighted by atomic mass is 9.81. The molecule has 1 aliphatic carbocycles. The molecule has 1 saturated carbocycles. The van der Waals surface area contributed by atoms with Crippen molar-refractivity contribution in [3.05, 3.63) is 18.6 Å². The number of aromatic nitrogens is 2. The molecule has 7 heteroatoms. The number of fused-ring (bicyclic) bond motifs is 1. The third-order valence-electron chi connectivity index (χ3n) is 4.40. The van der Waals surface area contributed by atoms with Crippen LogP contribution in [0.4, 0.5) is 10.6 Å². The van der Waals surface area contributed by atoms with Gasteiger partial charge in [0.25, 0.3) is 0 Å². The van der Waals surface area contributed by atoms with Crippen molar-refractivity contribution in [1.29, 1.82) is 0 Å². The lowest BCUT2D eigenvalue weighted by Gasteiger charge is -2.23. The van der Waals surface area contributed by atoms with E-state index >= 15 is 0 Å². The molecule has 1 aromatic rings. The number of hydrogen-bond acceptors (Lipinski definition) is 4. The maximum absolute atomic E-state index is 12.2. The maximum Gasteiger partial charge on any atom is 0.323 e. The molecule has 2 N–H and O–H groups in total. The molecule has 2 fully saturated rings. The molecule has 2 aliphatic rings. The summed E-state index contributed by atoms with van der Waals surface area (Å²) in [7, 11) is 0. The number of aliphatic carboxylic acids is 1. The van der Waals surface area contributed by atoms with E-state index in [2.05, 4.69) is 15.3 Å². The molecule has 0 unspecified atom stereocenters. The van der Waals surface area contributed by atoms with Gasteiger partial charge < -0.3 is 10.0 Å². The summed E-state index contributed by atoms with van der Waals surface area (Å²) in [5.41, 5.74) is -0.747. The zero-order chi connectivity index (χ0) is 14.2. The van der Waals surface area contributed by atoms with E-state index in [1.165, 1.54) is 6.33 Å². The number of rotatable bonds is 2. The molecule has 2 atom stereocenters. The van der Waals surface area contributed by atoms with Crippen molar-refractivity contribution in [2.24, 2.45) is 11.3 Å². The van der Waals surface area contributed by atoms with Gasteiger partial charge in [0, 0.05) is 19.3 Å².